The van der Waals surface area contributed by atoms with Gasteiger partial charge in [-0.15, -0.1) is 0 Å². The highest BCUT2D eigenvalue weighted by molar-refractivity contribution is 5.92. The third-order valence-corrected chi connectivity index (χ3v) is 2.48. The van der Waals surface area contributed by atoms with Gasteiger partial charge < -0.3 is 5.11 Å². The van der Waals surface area contributed by atoms with Gasteiger partial charge in [-0.1, -0.05) is 0 Å². The van der Waals surface area contributed by atoms with Crippen molar-refractivity contribution in [3.05, 3.63) is 42.5 Å². The first-order chi connectivity index (χ1) is 7.75. The molecule has 3 aromatic rings. The van der Waals surface area contributed by atoms with Crippen LogP contribution in [0.5, 0.6) is 0 Å². The number of carboxylic acid groups (broad SMARTS) is 1. The number of hydrogen-bond donors (Lipinski definition) is 1. The van der Waals surface area contributed by atoms with E-state index in [4.69, 9.17) is 5.11 Å². The Bertz CT molecular complexity index is 703. The largest absolute Gasteiger partial charge is 0.478 e. The molecule has 0 unspecified atom stereocenters. The number of aromatic carboxylic acids is 1. The molecule has 0 fully saturated rings. The van der Waals surface area contributed by atoms with Gasteiger partial charge in [0.25, 0.3) is 0 Å². The summed E-state index contributed by atoms with van der Waals surface area (Å²) in [5, 5.41) is 8.92. The first kappa shape index (κ1) is 8.84. The van der Waals surface area contributed by atoms with E-state index in [-0.39, 0.29) is 5.56 Å². The molecular formula is C11H7N3O2. The Balaban J connectivity index is 2.46. The molecule has 1 aromatic carbocycles. The van der Waals surface area contributed by atoms with Gasteiger partial charge in [0.05, 0.1) is 40.8 Å². The number of aromatic nitrogens is 3. The van der Waals surface area contributed by atoms with Crippen LogP contribution >= 0.6 is 0 Å². The summed E-state index contributed by atoms with van der Waals surface area (Å²) in [5.41, 5.74) is 2.58. The van der Waals surface area contributed by atoms with Gasteiger partial charge >= 0.3 is 5.97 Å². The molecular weight excluding hydrogens is 206 g/mol. The highest BCUT2D eigenvalue weighted by Crippen LogP contribution is 2.16. The standard InChI is InChI=1S/C11H7N3O2/c15-11(16)7-1-2-9-10(3-7)14-6-12-4-8(14)5-13-9/h1-6H,(H,15,16). The molecule has 0 saturated carbocycles. The zero-order valence-electron chi connectivity index (χ0n) is 8.16. The van der Waals surface area contributed by atoms with Gasteiger partial charge in [-0.3, -0.25) is 9.38 Å². The van der Waals surface area contributed by atoms with Crippen molar-refractivity contribution in [3.8, 4) is 0 Å². The van der Waals surface area contributed by atoms with Crippen molar-refractivity contribution in [3.63, 3.8) is 0 Å². The van der Waals surface area contributed by atoms with Crippen molar-refractivity contribution in [2.24, 2.45) is 0 Å². The van der Waals surface area contributed by atoms with E-state index in [0.717, 1.165) is 16.6 Å². The molecule has 0 spiro atoms. The second kappa shape index (κ2) is 3.03. The number of benzene rings is 1. The lowest BCUT2D eigenvalue weighted by Crippen LogP contribution is -1.97. The van der Waals surface area contributed by atoms with E-state index in [1.54, 1.807) is 36.9 Å². The maximum absolute atomic E-state index is 10.9. The molecule has 5 nitrogen and oxygen atoms in total. The summed E-state index contributed by atoms with van der Waals surface area (Å²) < 4.78 is 1.81. The quantitative estimate of drug-likeness (QED) is 0.666. The lowest BCUT2D eigenvalue weighted by molar-refractivity contribution is 0.0697. The normalized spacial score (nSPS) is 11.0. The van der Waals surface area contributed by atoms with Crippen LogP contribution in [0.3, 0.4) is 0 Å². The van der Waals surface area contributed by atoms with Crippen LogP contribution in [0.4, 0.5) is 0 Å². The summed E-state index contributed by atoms with van der Waals surface area (Å²) >= 11 is 0. The van der Waals surface area contributed by atoms with Gasteiger partial charge in [-0.05, 0) is 18.2 Å². The number of carbonyl (C=O) groups is 1. The molecule has 0 atom stereocenters. The third-order valence-electron chi connectivity index (χ3n) is 2.48. The van der Waals surface area contributed by atoms with Crippen LogP contribution in [0.1, 0.15) is 10.4 Å². The third kappa shape index (κ3) is 1.15. The molecule has 0 amide bonds. The second-order valence-electron chi connectivity index (χ2n) is 3.46. The summed E-state index contributed by atoms with van der Waals surface area (Å²) in [4.78, 5) is 19.1. The Morgan fingerprint density at radius 1 is 1.31 bits per heavy atom. The Morgan fingerprint density at radius 3 is 3.00 bits per heavy atom. The number of nitrogens with zero attached hydrogens (tertiary/aromatic N) is 3. The second-order valence-corrected chi connectivity index (χ2v) is 3.46. The minimum atomic E-state index is -0.945. The van der Waals surface area contributed by atoms with Gasteiger partial charge in [-0.25, -0.2) is 9.78 Å². The molecule has 0 radical (unpaired) electrons. The molecule has 0 saturated heterocycles. The molecule has 0 aliphatic carbocycles. The van der Waals surface area contributed by atoms with Gasteiger partial charge in [0, 0.05) is 0 Å². The van der Waals surface area contributed by atoms with Crippen LogP contribution in [-0.2, 0) is 0 Å². The zero-order chi connectivity index (χ0) is 11.1. The van der Waals surface area contributed by atoms with Crippen molar-refractivity contribution in [2.45, 2.75) is 0 Å². The molecule has 78 valence electrons. The number of fused-ring (bicyclic) bond motifs is 3. The van der Waals surface area contributed by atoms with Crippen molar-refractivity contribution in [1.82, 2.24) is 14.4 Å². The zero-order valence-corrected chi connectivity index (χ0v) is 8.16. The minimum Gasteiger partial charge on any atom is -0.478 e. The van der Waals surface area contributed by atoms with E-state index < -0.39 is 5.97 Å². The highest BCUT2D eigenvalue weighted by atomic mass is 16.4. The fourth-order valence-electron chi connectivity index (χ4n) is 1.70. The smallest absolute Gasteiger partial charge is 0.335 e. The van der Waals surface area contributed by atoms with Gasteiger partial charge in [0.2, 0.25) is 0 Å². The summed E-state index contributed by atoms with van der Waals surface area (Å²) in [6.45, 7) is 0. The van der Waals surface area contributed by atoms with E-state index in [9.17, 15) is 4.79 Å². The number of imidazole rings is 1. The molecule has 2 aromatic heterocycles. The van der Waals surface area contributed by atoms with Crippen molar-refractivity contribution in [2.75, 3.05) is 0 Å². The van der Waals surface area contributed by atoms with Crippen LogP contribution < -0.4 is 0 Å². The van der Waals surface area contributed by atoms with Crippen molar-refractivity contribution >= 4 is 22.5 Å². The first-order valence-electron chi connectivity index (χ1n) is 4.70. The summed E-state index contributed by atoms with van der Waals surface area (Å²) in [6.07, 6.45) is 5.03. The topological polar surface area (TPSA) is 67.5 Å². The summed E-state index contributed by atoms with van der Waals surface area (Å²) in [5.74, 6) is -0.945. The lowest BCUT2D eigenvalue weighted by Gasteiger charge is -2.02. The first-order valence-corrected chi connectivity index (χ1v) is 4.70. The SMILES string of the molecule is O=C(O)c1ccc2ncc3cncn3c2c1. The van der Waals surface area contributed by atoms with Crippen LogP contribution in [-0.4, -0.2) is 25.4 Å². The van der Waals surface area contributed by atoms with E-state index >= 15 is 0 Å². The monoisotopic (exact) mass is 213 g/mol. The Labute approximate surface area is 90.0 Å². The molecule has 5 heteroatoms. The Morgan fingerprint density at radius 2 is 2.19 bits per heavy atom. The fourth-order valence-corrected chi connectivity index (χ4v) is 1.70. The maximum atomic E-state index is 10.9. The van der Waals surface area contributed by atoms with E-state index in [0.29, 0.717) is 0 Å². The number of rotatable bonds is 1. The van der Waals surface area contributed by atoms with Crippen LogP contribution in [0.2, 0.25) is 0 Å². The molecule has 3 rings (SSSR count). The molecule has 1 N–H and O–H groups in total. The number of hydrogen-bond acceptors (Lipinski definition) is 3. The van der Waals surface area contributed by atoms with Gasteiger partial charge in [-0.2, -0.15) is 0 Å². The molecule has 0 aliphatic heterocycles. The van der Waals surface area contributed by atoms with Crippen LogP contribution in [0, 0.1) is 0 Å². The molecule has 0 bridgehead atoms. The van der Waals surface area contributed by atoms with Crippen molar-refractivity contribution in [1.29, 1.82) is 0 Å². The maximum Gasteiger partial charge on any atom is 0.335 e. The van der Waals surface area contributed by atoms with E-state index in [2.05, 4.69) is 9.97 Å². The summed E-state index contributed by atoms with van der Waals surface area (Å²) in [6, 6.07) is 4.83. The molecule has 2 heterocycles. The predicted molar refractivity (Wildman–Crippen MR) is 57.5 cm³/mol. The average molecular weight is 213 g/mol. The molecule has 16 heavy (non-hydrogen) atoms. The Hall–Kier alpha value is -2.43. The average Bonchev–Trinajstić information content (AvgIpc) is 2.76. The highest BCUT2D eigenvalue weighted by Gasteiger charge is 2.06. The van der Waals surface area contributed by atoms with Gasteiger partial charge in [0.1, 0.15) is 0 Å². The number of carboxylic acids is 1. The van der Waals surface area contributed by atoms with E-state index in [1.807, 2.05) is 4.40 Å². The van der Waals surface area contributed by atoms with Crippen LogP contribution in [0.15, 0.2) is 36.9 Å². The van der Waals surface area contributed by atoms with Crippen molar-refractivity contribution < 1.29 is 9.90 Å². The van der Waals surface area contributed by atoms with Crippen LogP contribution in [0.25, 0.3) is 16.6 Å². The van der Waals surface area contributed by atoms with Gasteiger partial charge in [0.15, 0.2) is 0 Å². The lowest BCUT2D eigenvalue weighted by atomic mass is 10.2. The van der Waals surface area contributed by atoms with E-state index in [1.165, 1.54) is 0 Å². The predicted octanol–water partition coefficient (Wildman–Crippen LogP) is 1.58. The Kier molecular flexibility index (Phi) is 1.67. The molecule has 0 aliphatic rings. The minimum absolute atomic E-state index is 0.246. The summed E-state index contributed by atoms with van der Waals surface area (Å²) in [7, 11) is 0. The fraction of sp³-hybridized carbons (Fsp3) is 0.